The highest BCUT2D eigenvalue weighted by Gasteiger charge is 2.17. The van der Waals surface area contributed by atoms with E-state index in [1.807, 2.05) is 11.8 Å². The van der Waals surface area contributed by atoms with Gasteiger partial charge in [0, 0.05) is 18.8 Å². The lowest BCUT2D eigenvalue weighted by Crippen LogP contribution is -2.27. The molecule has 0 heterocycles. The maximum atomic E-state index is 11.4. The summed E-state index contributed by atoms with van der Waals surface area (Å²) in [6, 6.07) is 3.21. The fourth-order valence-electron chi connectivity index (χ4n) is 1.83. The highest BCUT2D eigenvalue weighted by Crippen LogP contribution is 2.32. The molecule has 0 saturated heterocycles. The predicted molar refractivity (Wildman–Crippen MR) is 72.6 cm³/mol. The van der Waals surface area contributed by atoms with E-state index in [2.05, 4.69) is 6.92 Å². The summed E-state index contributed by atoms with van der Waals surface area (Å²) in [5.41, 5.74) is 12.5. The molecule has 1 rings (SSSR count). The molecule has 17 heavy (non-hydrogen) atoms. The first-order chi connectivity index (χ1) is 8.01. The largest absolute Gasteiger partial charge is 0.399 e. The molecule has 0 aliphatic heterocycles. The number of benzene rings is 1. The minimum Gasteiger partial charge on any atom is -0.399 e. The minimum absolute atomic E-state index is 0.380. The molecule has 0 saturated carbocycles. The highest BCUT2D eigenvalue weighted by molar-refractivity contribution is 6.34. The van der Waals surface area contributed by atoms with Crippen LogP contribution in [0, 0.1) is 0 Å². The molecule has 4 N–H and O–H groups in total. The van der Waals surface area contributed by atoms with Crippen molar-refractivity contribution in [2.75, 3.05) is 23.7 Å². The summed E-state index contributed by atoms with van der Waals surface area (Å²) < 4.78 is 0. The Labute approximate surface area is 107 Å². The van der Waals surface area contributed by atoms with Gasteiger partial charge in [0.2, 0.25) is 0 Å². The first-order valence-electron chi connectivity index (χ1n) is 5.65. The third kappa shape index (κ3) is 3.03. The van der Waals surface area contributed by atoms with Crippen molar-refractivity contribution in [3.8, 4) is 0 Å². The van der Waals surface area contributed by atoms with Crippen LogP contribution in [-0.2, 0) is 0 Å². The molecule has 0 aliphatic carbocycles. The van der Waals surface area contributed by atoms with E-state index in [0.717, 1.165) is 19.5 Å². The van der Waals surface area contributed by atoms with Gasteiger partial charge in [0.05, 0.1) is 16.3 Å². The second-order valence-corrected chi connectivity index (χ2v) is 4.25. The van der Waals surface area contributed by atoms with E-state index in [1.54, 1.807) is 12.1 Å². The van der Waals surface area contributed by atoms with Gasteiger partial charge in [-0.25, -0.2) is 0 Å². The van der Waals surface area contributed by atoms with Crippen LogP contribution < -0.4 is 16.4 Å². The lowest BCUT2D eigenvalue weighted by molar-refractivity contribution is 0.100. The number of carbonyl (C=O) groups excluding carboxylic acids is 1. The Hall–Kier alpha value is -1.42. The molecule has 0 atom stereocenters. The van der Waals surface area contributed by atoms with Gasteiger partial charge in [-0.2, -0.15) is 0 Å². The van der Waals surface area contributed by atoms with Crippen molar-refractivity contribution in [2.45, 2.75) is 20.3 Å². The van der Waals surface area contributed by atoms with Crippen molar-refractivity contribution >= 4 is 28.9 Å². The molecule has 0 unspecified atom stereocenters. The average Bonchev–Trinajstić information content (AvgIpc) is 2.25. The third-order valence-electron chi connectivity index (χ3n) is 2.54. The fraction of sp³-hybridized carbons (Fsp3) is 0.417. The number of nitrogens with zero attached hydrogens (tertiary/aromatic N) is 1. The standard InChI is InChI=1S/C12H18ClN3O/c1-3-5-16(4-2)11-9(12(15)17)6-8(14)7-10(11)13/h6-7H,3-5,14H2,1-2H3,(H2,15,17). The molecule has 1 amide bonds. The van der Waals surface area contributed by atoms with Crippen LogP contribution in [0.3, 0.4) is 0 Å². The summed E-state index contributed by atoms with van der Waals surface area (Å²) in [6.07, 6.45) is 0.965. The zero-order valence-corrected chi connectivity index (χ0v) is 10.9. The Bertz CT molecular complexity index is 420. The Balaban J connectivity index is 3.33. The first kappa shape index (κ1) is 13.6. The molecule has 0 bridgehead atoms. The Kier molecular flexibility index (Phi) is 4.63. The SMILES string of the molecule is CCCN(CC)c1c(Cl)cc(N)cc1C(N)=O. The lowest BCUT2D eigenvalue weighted by atomic mass is 10.1. The van der Waals surface area contributed by atoms with E-state index in [1.165, 1.54) is 0 Å². The van der Waals surface area contributed by atoms with Crippen LogP contribution in [-0.4, -0.2) is 19.0 Å². The molecule has 0 spiro atoms. The average molecular weight is 256 g/mol. The topological polar surface area (TPSA) is 72.3 Å². The molecule has 1 aromatic carbocycles. The number of hydrogen-bond donors (Lipinski definition) is 2. The van der Waals surface area contributed by atoms with Gasteiger partial charge in [-0.3, -0.25) is 4.79 Å². The molecular weight excluding hydrogens is 238 g/mol. The summed E-state index contributed by atoms with van der Waals surface area (Å²) in [4.78, 5) is 13.5. The number of nitrogen functional groups attached to an aromatic ring is 1. The van der Waals surface area contributed by atoms with Crippen molar-refractivity contribution in [3.05, 3.63) is 22.7 Å². The van der Waals surface area contributed by atoms with E-state index in [4.69, 9.17) is 23.1 Å². The second-order valence-electron chi connectivity index (χ2n) is 3.84. The van der Waals surface area contributed by atoms with E-state index in [0.29, 0.717) is 22.0 Å². The van der Waals surface area contributed by atoms with Crippen LogP contribution in [0.25, 0.3) is 0 Å². The maximum absolute atomic E-state index is 11.4. The first-order valence-corrected chi connectivity index (χ1v) is 6.02. The Morgan fingerprint density at radius 2 is 2.06 bits per heavy atom. The number of amides is 1. The van der Waals surface area contributed by atoms with Crippen LogP contribution >= 0.6 is 11.6 Å². The van der Waals surface area contributed by atoms with Gasteiger partial charge < -0.3 is 16.4 Å². The molecule has 1 aromatic rings. The molecule has 5 heteroatoms. The molecule has 4 nitrogen and oxygen atoms in total. The van der Waals surface area contributed by atoms with Crippen molar-refractivity contribution in [1.82, 2.24) is 0 Å². The molecular formula is C12H18ClN3O. The van der Waals surface area contributed by atoms with E-state index < -0.39 is 5.91 Å². The van der Waals surface area contributed by atoms with Gasteiger partial charge in [-0.1, -0.05) is 18.5 Å². The Morgan fingerprint density at radius 3 is 2.53 bits per heavy atom. The lowest BCUT2D eigenvalue weighted by Gasteiger charge is -2.25. The number of hydrogen-bond acceptors (Lipinski definition) is 3. The van der Waals surface area contributed by atoms with Gasteiger partial charge in [-0.15, -0.1) is 0 Å². The fourth-order valence-corrected chi connectivity index (χ4v) is 2.17. The molecule has 0 aromatic heterocycles. The van der Waals surface area contributed by atoms with Gasteiger partial charge >= 0.3 is 0 Å². The van der Waals surface area contributed by atoms with Crippen LogP contribution in [0.5, 0.6) is 0 Å². The highest BCUT2D eigenvalue weighted by atomic mass is 35.5. The van der Waals surface area contributed by atoms with Crippen LogP contribution in [0.1, 0.15) is 30.6 Å². The quantitative estimate of drug-likeness (QED) is 0.793. The van der Waals surface area contributed by atoms with E-state index >= 15 is 0 Å². The maximum Gasteiger partial charge on any atom is 0.250 e. The monoisotopic (exact) mass is 255 g/mol. The minimum atomic E-state index is -0.510. The van der Waals surface area contributed by atoms with E-state index in [-0.39, 0.29) is 0 Å². The number of primary amides is 1. The smallest absolute Gasteiger partial charge is 0.250 e. The normalized spacial score (nSPS) is 10.3. The summed E-state index contributed by atoms with van der Waals surface area (Å²) in [5.74, 6) is -0.510. The number of carbonyl (C=O) groups is 1. The summed E-state index contributed by atoms with van der Waals surface area (Å²) in [7, 11) is 0. The van der Waals surface area contributed by atoms with Gasteiger partial charge in [0.15, 0.2) is 0 Å². The van der Waals surface area contributed by atoms with Gasteiger partial charge in [0.1, 0.15) is 0 Å². The van der Waals surface area contributed by atoms with Crippen LogP contribution in [0.2, 0.25) is 5.02 Å². The zero-order chi connectivity index (χ0) is 13.0. The van der Waals surface area contributed by atoms with Crippen LogP contribution in [0.15, 0.2) is 12.1 Å². The second kappa shape index (κ2) is 5.77. The van der Waals surface area contributed by atoms with Crippen molar-refractivity contribution in [2.24, 2.45) is 5.73 Å². The molecule has 0 aliphatic rings. The molecule has 0 radical (unpaired) electrons. The van der Waals surface area contributed by atoms with Gasteiger partial charge in [-0.05, 0) is 25.5 Å². The van der Waals surface area contributed by atoms with E-state index in [9.17, 15) is 4.79 Å². The molecule has 0 fully saturated rings. The number of anilines is 2. The summed E-state index contributed by atoms with van der Waals surface area (Å²) >= 11 is 6.16. The zero-order valence-electron chi connectivity index (χ0n) is 10.2. The number of rotatable bonds is 5. The van der Waals surface area contributed by atoms with Crippen molar-refractivity contribution < 1.29 is 4.79 Å². The summed E-state index contributed by atoms with van der Waals surface area (Å²) in [5, 5.41) is 0.467. The predicted octanol–water partition coefficient (Wildman–Crippen LogP) is 2.26. The van der Waals surface area contributed by atoms with Gasteiger partial charge in [0.25, 0.3) is 5.91 Å². The summed E-state index contributed by atoms with van der Waals surface area (Å²) in [6.45, 7) is 5.66. The number of nitrogens with two attached hydrogens (primary N) is 2. The van der Waals surface area contributed by atoms with Crippen LogP contribution in [0.4, 0.5) is 11.4 Å². The molecule has 94 valence electrons. The number of halogens is 1. The van der Waals surface area contributed by atoms with Crippen molar-refractivity contribution in [3.63, 3.8) is 0 Å². The van der Waals surface area contributed by atoms with Crippen molar-refractivity contribution in [1.29, 1.82) is 0 Å². The Morgan fingerprint density at radius 1 is 1.41 bits per heavy atom. The third-order valence-corrected chi connectivity index (χ3v) is 2.83.